The molecule has 0 aliphatic carbocycles. The molecule has 1 amide bonds. The molecule has 0 bridgehead atoms. The second kappa shape index (κ2) is 7.74. The third-order valence-electron chi connectivity index (χ3n) is 3.89. The van der Waals surface area contributed by atoms with E-state index in [1.165, 1.54) is 0 Å². The lowest BCUT2D eigenvalue weighted by Crippen LogP contribution is -2.38. The molecule has 1 aliphatic heterocycles. The zero-order chi connectivity index (χ0) is 13.5. The maximum absolute atomic E-state index is 12.0. The van der Waals surface area contributed by atoms with Gasteiger partial charge in [0.05, 0.1) is 0 Å². The number of hydrogen-bond donors (Lipinski definition) is 1. The van der Waals surface area contributed by atoms with Crippen molar-refractivity contribution < 1.29 is 4.79 Å². The Hall–Kier alpha value is -0.610. The first-order valence-corrected chi connectivity index (χ1v) is 7.35. The van der Waals surface area contributed by atoms with Gasteiger partial charge in [0.15, 0.2) is 0 Å². The number of carbonyl (C=O) groups excluding carboxylic acids is 1. The highest BCUT2D eigenvalue weighted by Crippen LogP contribution is 2.17. The summed E-state index contributed by atoms with van der Waals surface area (Å²) >= 11 is 0. The van der Waals surface area contributed by atoms with Crippen molar-refractivity contribution in [2.75, 3.05) is 26.2 Å². The molecule has 0 aromatic carbocycles. The minimum Gasteiger partial charge on any atom is -0.341 e. The van der Waals surface area contributed by atoms with E-state index in [1.54, 1.807) is 0 Å². The Bertz CT molecular complexity index is 251. The maximum atomic E-state index is 12.0. The summed E-state index contributed by atoms with van der Waals surface area (Å²) in [5.41, 5.74) is 5.70. The highest BCUT2D eigenvalue weighted by molar-refractivity contribution is 5.76. The van der Waals surface area contributed by atoms with Gasteiger partial charge in [0.1, 0.15) is 0 Å². The number of nitrogens with two attached hydrogens (primary N) is 1. The van der Waals surface area contributed by atoms with Crippen LogP contribution in [0.2, 0.25) is 0 Å². The Morgan fingerprint density at radius 3 is 2.67 bits per heavy atom. The van der Waals surface area contributed by atoms with Crippen LogP contribution >= 0.6 is 0 Å². The molecule has 4 heteroatoms. The van der Waals surface area contributed by atoms with Crippen LogP contribution in [0.5, 0.6) is 0 Å². The van der Waals surface area contributed by atoms with Crippen molar-refractivity contribution in [3.8, 4) is 0 Å². The highest BCUT2D eigenvalue weighted by atomic mass is 16.2. The standard InChI is InChI=1S/C14H29N3O/c1-4-16(5-2)13-9-10-17(11-13)14(18)8-6-7-12(3)15/h12-13H,4-11,15H2,1-3H3. The van der Waals surface area contributed by atoms with Gasteiger partial charge in [0.25, 0.3) is 0 Å². The van der Waals surface area contributed by atoms with Gasteiger partial charge >= 0.3 is 0 Å². The maximum Gasteiger partial charge on any atom is 0.222 e. The lowest BCUT2D eigenvalue weighted by atomic mass is 10.1. The van der Waals surface area contributed by atoms with Crippen molar-refractivity contribution in [2.45, 2.75) is 58.5 Å². The zero-order valence-electron chi connectivity index (χ0n) is 12.2. The van der Waals surface area contributed by atoms with Crippen molar-refractivity contribution in [1.82, 2.24) is 9.80 Å². The minimum atomic E-state index is 0.208. The predicted molar refractivity (Wildman–Crippen MR) is 75.4 cm³/mol. The van der Waals surface area contributed by atoms with E-state index in [0.717, 1.165) is 45.4 Å². The SMILES string of the molecule is CCN(CC)C1CCN(C(=O)CCCC(C)N)C1. The summed E-state index contributed by atoms with van der Waals surface area (Å²) in [7, 11) is 0. The molecule has 106 valence electrons. The number of likely N-dealkylation sites (N-methyl/N-ethyl adjacent to an activating group) is 1. The van der Waals surface area contributed by atoms with Gasteiger partial charge in [-0.1, -0.05) is 13.8 Å². The molecule has 1 saturated heterocycles. The first kappa shape index (κ1) is 15.4. The third kappa shape index (κ3) is 4.58. The molecule has 0 radical (unpaired) electrons. The van der Waals surface area contributed by atoms with E-state index in [9.17, 15) is 4.79 Å². The molecule has 1 heterocycles. The van der Waals surface area contributed by atoms with Gasteiger partial charge in [-0.2, -0.15) is 0 Å². The second-order valence-electron chi connectivity index (χ2n) is 5.37. The van der Waals surface area contributed by atoms with E-state index >= 15 is 0 Å². The molecule has 1 rings (SSSR count). The average Bonchev–Trinajstić information content (AvgIpc) is 2.79. The number of nitrogens with zero attached hydrogens (tertiary/aromatic N) is 2. The summed E-state index contributed by atoms with van der Waals surface area (Å²) in [5, 5.41) is 0. The molecular formula is C14H29N3O. The van der Waals surface area contributed by atoms with Gasteiger partial charge < -0.3 is 10.6 Å². The largest absolute Gasteiger partial charge is 0.341 e. The van der Waals surface area contributed by atoms with E-state index in [0.29, 0.717) is 18.4 Å². The third-order valence-corrected chi connectivity index (χ3v) is 3.89. The summed E-state index contributed by atoms with van der Waals surface area (Å²) in [5.74, 6) is 0.310. The molecule has 2 unspecified atom stereocenters. The minimum absolute atomic E-state index is 0.208. The van der Waals surface area contributed by atoms with E-state index < -0.39 is 0 Å². The summed E-state index contributed by atoms with van der Waals surface area (Å²) in [6.45, 7) is 10.4. The molecule has 0 saturated carbocycles. The molecule has 2 N–H and O–H groups in total. The van der Waals surface area contributed by atoms with Crippen LogP contribution in [-0.4, -0.2) is 54.0 Å². The lowest BCUT2D eigenvalue weighted by molar-refractivity contribution is -0.130. The summed E-state index contributed by atoms with van der Waals surface area (Å²) in [6.07, 6.45) is 3.65. The molecule has 1 aliphatic rings. The summed E-state index contributed by atoms with van der Waals surface area (Å²) in [6, 6.07) is 0.775. The Morgan fingerprint density at radius 1 is 1.44 bits per heavy atom. The van der Waals surface area contributed by atoms with Crippen molar-refractivity contribution in [2.24, 2.45) is 5.73 Å². The fourth-order valence-corrected chi connectivity index (χ4v) is 2.74. The molecule has 4 nitrogen and oxygen atoms in total. The van der Waals surface area contributed by atoms with Crippen molar-refractivity contribution in [1.29, 1.82) is 0 Å². The first-order valence-electron chi connectivity index (χ1n) is 7.35. The number of carbonyl (C=O) groups is 1. The second-order valence-corrected chi connectivity index (χ2v) is 5.37. The van der Waals surface area contributed by atoms with Crippen molar-refractivity contribution >= 4 is 5.91 Å². The highest BCUT2D eigenvalue weighted by Gasteiger charge is 2.28. The Labute approximate surface area is 111 Å². The van der Waals surface area contributed by atoms with Gasteiger partial charge in [-0.05, 0) is 39.3 Å². The number of hydrogen-bond acceptors (Lipinski definition) is 3. The summed E-state index contributed by atoms with van der Waals surface area (Å²) < 4.78 is 0. The number of amides is 1. The molecule has 0 aromatic heterocycles. The van der Waals surface area contributed by atoms with Crippen molar-refractivity contribution in [3.05, 3.63) is 0 Å². The topological polar surface area (TPSA) is 49.6 Å². The van der Waals surface area contributed by atoms with Gasteiger partial charge in [0, 0.05) is 31.6 Å². The van der Waals surface area contributed by atoms with Crippen LogP contribution in [-0.2, 0) is 4.79 Å². The normalized spacial score (nSPS) is 21.6. The van der Waals surface area contributed by atoms with Crippen LogP contribution in [0.25, 0.3) is 0 Å². The zero-order valence-corrected chi connectivity index (χ0v) is 12.2. The van der Waals surface area contributed by atoms with Crippen LogP contribution < -0.4 is 5.73 Å². The molecule has 2 atom stereocenters. The Balaban J connectivity index is 2.30. The number of rotatable bonds is 7. The molecule has 1 fully saturated rings. The van der Waals surface area contributed by atoms with Gasteiger partial charge in [-0.15, -0.1) is 0 Å². The quantitative estimate of drug-likeness (QED) is 0.749. The monoisotopic (exact) mass is 255 g/mol. The Morgan fingerprint density at radius 2 is 2.11 bits per heavy atom. The van der Waals surface area contributed by atoms with Gasteiger partial charge in [-0.25, -0.2) is 0 Å². The first-order chi connectivity index (χ1) is 8.58. The molecule has 0 aromatic rings. The van der Waals surface area contributed by atoms with Crippen molar-refractivity contribution in [3.63, 3.8) is 0 Å². The predicted octanol–water partition coefficient (Wildman–Crippen LogP) is 1.45. The molecular weight excluding hydrogens is 226 g/mol. The van der Waals surface area contributed by atoms with Crippen LogP contribution in [0.3, 0.4) is 0 Å². The fourth-order valence-electron chi connectivity index (χ4n) is 2.74. The van der Waals surface area contributed by atoms with E-state index in [1.807, 2.05) is 11.8 Å². The van der Waals surface area contributed by atoms with Crippen LogP contribution in [0.4, 0.5) is 0 Å². The summed E-state index contributed by atoms with van der Waals surface area (Å²) in [4.78, 5) is 16.5. The smallest absolute Gasteiger partial charge is 0.222 e. The van der Waals surface area contributed by atoms with E-state index in [-0.39, 0.29) is 6.04 Å². The number of likely N-dealkylation sites (tertiary alicyclic amines) is 1. The van der Waals surface area contributed by atoms with Crippen LogP contribution in [0.15, 0.2) is 0 Å². The molecule has 0 spiro atoms. The van der Waals surface area contributed by atoms with Crippen LogP contribution in [0, 0.1) is 0 Å². The fraction of sp³-hybridized carbons (Fsp3) is 0.929. The van der Waals surface area contributed by atoms with Gasteiger partial charge in [0.2, 0.25) is 5.91 Å². The van der Waals surface area contributed by atoms with E-state index in [2.05, 4.69) is 18.7 Å². The average molecular weight is 255 g/mol. The Kier molecular flexibility index (Phi) is 6.65. The van der Waals surface area contributed by atoms with Crippen LogP contribution in [0.1, 0.15) is 46.5 Å². The van der Waals surface area contributed by atoms with E-state index in [4.69, 9.17) is 5.73 Å². The lowest BCUT2D eigenvalue weighted by Gasteiger charge is -2.26. The van der Waals surface area contributed by atoms with Gasteiger partial charge in [-0.3, -0.25) is 9.69 Å². The molecule has 18 heavy (non-hydrogen) atoms.